The lowest BCUT2D eigenvalue weighted by molar-refractivity contribution is -0.302. The largest absolute Gasteiger partial charge is 0.394 e. The Morgan fingerprint density at radius 3 is 1.77 bits per heavy atom. The number of aliphatic hydroxyl groups is 5. The number of ether oxygens (including phenoxy) is 2. The molecule has 1 fully saturated rings. The third-order valence-corrected chi connectivity index (χ3v) is 8.61. The summed E-state index contributed by atoms with van der Waals surface area (Å²) in [5.41, 5.74) is 0. The van der Waals surface area contributed by atoms with Gasteiger partial charge in [0.2, 0.25) is 5.91 Å². The van der Waals surface area contributed by atoms with E-state index in [1.54, 1.807) is 6.08 Å². The fourth-order valence-electron chi connectivity index (χ4n) is 5.62. The molecule has 260 valence electrons. The van der Waals surface area contributed by atoms with Gasteiger partial charge in [-0.2, -0.15) is 0 Å². The van der Waals surface area contributed by atoms with Gasteiger partial charge in [-0.1, -0.05) is 135 Å². The van der Waals surface area contributed by atoms with E-state index in [4.69, 9.17) is 9.47 Å². The highest BCUT2D eigenvalue weighted by atomic mass is 16.7. The highest BCUT2D eigenvalue weighted by Crippen LogP contribution is 2.22. The summed E-state index contributed by atoms with van der Waals surface area (Å²) in [6, 6.07) is -0.794. The van der Waals surface area contributed by atoms with Crippen LogP contribution in [0.4, 0.5) is 0 Å². The molecule has 1 saturated heterocycles. The number of nitrogens with one attached hydrogen (secondary N) is 1. The minimum atomic E-state index is -1.56. The summed E-state index contributed by atoms with van der Waals surface area (Å²) in [5.74, 6) is -0.182. The molecule has 7 atom stereocenters. The Hall–Kier alpha value is -1.07. The molecule has 1 aliphatic heterocycles. The van der Waals surface area contributed by atoms with Gasteiger partial charge in [-0.3, -0.25) is 4.79 Å². The van der Waals surface area contributed by atoms with Crippen LogP contribution in [-0.2, 0) is 14.3 Å². The van der Waals surface area contributed by atoms with Gasteiger partial charge in [-0.25, -0.2) is 0 Å². The lowest BCUT2D eigenvalue weighted by Crippen LogP contribution is -2.60. The number of rotatable bonds is 28. The van der Waals surface area contributed by atoms with E-state index < -0.39 is 49.5 Å². The first-order valence-corrected chi connectivity index (χ1v) is 17.9. The smallest absolute Gasteiger partial charge is 0.220 e. The number of allylic oxidation sites excluding steroid dienone is 1. The predicted molar refractivity (Wildman–Crippen MR) is 175 cm³/mol. The monoisotopic (exact) mass is 629 g/mol. The van der Waals surface area contributed by atoms with Crippen LogP contribution >= 0.6 is 0 Å². The minimum absolute atomic E-state index is 0.182. The zero-order valence-electron chi connectivity index (χ0n) is 27.9. The zero-order valence-corrected chi connectivity index (χ0v) is 27.9. The van der Waals surface area contributed by atoms with E-state index in [9.17, 15) is 30.3 Å². The van der Waals surface area contributed by atoms with E-state index in [1.807, 2.05) is 6.08 Å². The molecule has 9 heteroatoms. The van der Waals surface area contributed by atoms with Crippen molar-refractivity contribution in [1.82, 2.24) is 5.32 Å². The van der Waals surface area contributed by atoms with Crippen molar-refractivity contribution >= 4 is 5.91 Å². The molecule has 1 heterocycles. The summed E-state index contributed by atoms with van der Waals surface area (Å²) >= 11 is 0. The molecule has 0 aliphatic carbocycles. The molecule has 6 N–H and O–H groups in total. The molecule has 0 saturated carbocycles. The molecule has 0 aromatic heterocycles. The van der Waals surface area contributed by atoms with Crippen LogP contribution in [0.2, 0.25) is 0 Å². The third-order valence-electron chi connectivity index (χ3n) is 8.61. The van der Waals surface area contributed by atoms with Crippen molar-refractivity contribution in [3.8, 4) is 0 Å². The highest BCUT2D eigenvalue weighted by molar-refractivity contribution is 5.76. The molecule has 0 aromatic carbocycles. The van der Waals surface area contributed by atoms with Crippen LogP contribution in [0.15, 0.2) is 12.2 Å². The van der Waals surface area contributed by atoms with Crippen molar-refractivity contribution < 1.29 is 39.8 Å². The SMILES string of the molecule is CCCCCCCC/C=C/C(O)C(COC1OC(CO)C(O)C(O)C1O)NC(=O)CCCCCCCCCCCCCCC. The van der Waals surface area contributed by atoms with Gasteiger partial charge < -0.3 is 40.3 Å². The van der Waals surface area contributed by atoms with Gasteiger partial charge >= 0.3 is 0 Å². The van der Waals surface area contributed by atoms with E-state index in [0.717, 1.165) is 38.5 Å². The third kappa shape index (κ3) is 18.8. The summed E-state index contributed by atoms with van der Waals surface area (Å²) in [4.78, 5) is 12.8. The summed E-state index contributed by atoms with van der Waals surface area (Å²) < 4.78 is 11.1. The fraction of sp³-hybridized carbons (Fsp3) is 0.914. The first-order chi connectivity index (χ1) is 21.3. The van der Waals surface area contributed by atoms with Gasteiger partial charge in [-0.05, 0) is 19.3 Å². The Kier molecular flexibility index (Phi) is 25.2. The Morgan fingerprint density at radius 1 is 0.750 bits per heavy atom. The Balaban J connectivity index is 2.46. The molecule has 0 radical (unpaired) electrons. The van der Waals surface area contributed by atoms with Crippen molar-refractivity contribution in [2.24, 2.45) is 0 Å². The van der Waals surface area contributed by atoms with E-state index in [0.29, 0.717) is 6.42 Å². The second-order valence-electron chi connectivity index (χ2n) is 12.7. The fourth-order valence-corrected chi connectivity index (χ4v) is 5.62. The van der Waals surface area contributed by atoms with Gasteiger partial charge in [-0.15, -0.1) is 0 Å². The maximum Gasteiger partial charge on any atom is 0.220 e. The van der Waals surface area contributed by atoms with E-state index in [-0.39, 0.29) is 12.5 Å². The average Bonchev–Trinajstić information content (AvgIpc) is 3.02. The second kappa shape index (κ2) is 27.1. The predicted octanol–water partition coefficient (Wildman–Crippen LogP) is 5.44. The second-order valence-corrected chi connectivity index (χ2v) is 12.7. The van der Waals surface area contributed by atoms with E-state index in [2.05, 4.69) is 19.2 Å². The Labute approximate surface area is 267 Å². The maximum atomic E-state index is 12.8. The van der Waals surface area contributed by atoms with Crippen molar-refractivity contribution in [3.63, 3.8) is 0 Å². The number of hydrogen-bond donors (Lipinski definition) is 6. The lowest BCUT2D eigenvalue weighted by atomic mass is 9.99. The molecule has 0 bridgehead atoms. The molecule has 1 aliphatic rings. The van der Waals surface area contributed by atoms with Gasteiger partial charge in [0.25, 0.3) is 0 Å². The maximum absolute atomic E-state index is 12.8. The van der Waals surface area contributed by atoms with Crippen LogP contribution in [-0.4, -0.2) is 87.5 Å². The minimum Gasteiger partial charge on any atom is -0.394 e. The molecule has 0 aromatic rings. The normalized spacial score (nSPS) is 23.7. The van der Waals surface area contributed by atoms with Crippen molar-refractivity contribution in [1.29, 1.82) is 0 Å². The first-order valence-electron chi connectivity index (χ1n) is 17.9. The first kappa shape index (κ1) is 41.0. The number of unbranched alkanes of at least 4 members (excludes halogenated alkanes) is 18. The van der Waals surface area contributed by atoms with E-state index >= 15 is 0 Å². The molecule has 1 amide bonds. The molecule has 9 nitrogen and oxygen atoms in total. The Bertz CT molecular complexity index is 706. The van der Waals surface area contributed by atoms with Crippen LogP contribution in [0.25, 0.3) is 0 Å². The van der Waals surface area contributed by atoms with Crippen LogP contribution in [0.5, 0.6) is 0 Å². The number of aliphatic hydroxyl groups excluding tert-OH is 5. The van der Waals surface area contributed by atoms with Crippen molar-refractivity contribution in [3.05, 3.63) is 12.2 Å². The summed E-state index contributed by atoms with van der Waals surface area (Å²) in [6.07, 6.45) is 19.8. The molecule has 7 unspecified atom stereocenters. The number of amides is 1. The van der Waals surface area contributed by atoms with Crippen molar-refractivity contribution in [2.45, 2.75) is 192 Å². The highest BCUT2D eigenvalue weighted by Gasteiger charge is 2.44. The number of carbonyl (C=O) groups is 1. The van der Waals surface area contributed by atoms with Gasteiger partial charge in [0.05, 0.1) is 25.4 Å². The lowest BCUT2D eigenvalue weighted by Gasteiger charge is -2.40. The quantitative estimate of drug-likeness (QED) is 0.0495. The van der Waals surface area contributed by atoms with E-state index in [1.165, 1.54) is 89.9 Å². The molecular formula is C35H67NO8. The van der Waals surface area contributed by atoms with Gasteiger partial charge in [0.1, 0.15) is 24.4 Å². The number of carbonyl (C=O) groups excluding carboxylic acids is 1. The van der Waals surface area contributed by atoms with Gasteiger partial charge in [0.15, 0.2) is 6.29 Å². The average molecular weight is 630 g/mol. The summed E-state index contributed by atoms with van der Waals surface area (Å²) in [7, 11) is 0. The molecule has 1 rings (SSSR count). The molecule has 44 heavy (non-hydrogen) atoms. The van der Waals surface area contributed by atoms with Crippen LogP contribution in [0.3, 0.4) is 0 Å². The van der Waals surface area contributed by atoms with Crippen LogP contribution in [0.1, 0.15) is 149 Å². The van der Waals surface area contributed by atoms with Crippen LogP contribution in [0, 0.1) is 0 Å². The van der Waals surface area contributed by atoms with Crippen LogP contribution < -0.4 is 5.32 Å². The Morgan fingerprint density at radius 2 is 1.25 bits per heavy atom. The molecule has 0 spiro atoms. The summed E-state index contributed by atoms with van der Waals surface area (Å²) in [6.45, 7) is 3.69. The summed E-state index contributed by atoms with van der Waals surface area (Å²) in [5, 5.41) is 53.6. The van der Waals surface area contributed by atoms with Crippen molar-refractivity contribution in [2.75, 3.05) is 13.2 Å². The number of hydrogen-bond acceptors (Lipinski definition) is 8. The molecular weight excluding hydrogens is 562 g/mol. The topological polar surface area (TPSA) is 149 Å². The standard InChI is InChI=1S/C35H67NO8/c1-3-5-7-9-11-13-14-15-16-17-19-21-23-25-31(39)36-28(29(38)24-22-20-18-12-10-8-6-4-2)27-43-35-34(42)33(41)32(40)30(26-37)44-35/h22,24,28-30,32-35,37-38,40-42H,3-21,23,25-27H2,1-2H3,(H,36,39)/b24-22+. The zero-order chi connectivity index (χ0) is 32.4. The van der Waals surface area contributed by atoms with Gasteiger partial charge in [0, 0.05) is 6.42 Å².